The monoisotopic (exact) mass is 334 g/mol. The molecule has 0 saturated heterocycles. The predicted molar refractivity (Wildman–Crippen MR) is 96.3 cm³/mol. The Labute approximate surface area is 142 Å². The molecule has 0 saturated carbocycles. The molecule has 0 unspecified atom stereocenters. The van der Waals surface area contributed by atoms with Gasteiger partial charge in [-0.25, -0.2) is 4.98 Å². The van der Waals surface area contributed by atoms with Gasteiger partial charge in [-0.3, -0.25) is 15.2 Å². The molecule has 0 atom stereocenters. The molecule has 6 heteroatoms. The van der Waals surface area contributed by atoms with E-state index in [1.165, 1.54) is 11.3 Å². The van der Waals surface area contributed by atoms with E-state index >= 15 is 0 Å². The van der Waals surface area contributed by atoms with Crippen LogP contribution in [0.1, 0.15) is 15.4 Å². The van der Waals surface area contributed by atoms with Gasteiger partial charge in [-0.05, 0) is 13.0 Å². The normalized spacial score (nSPS) is 10.9. The summed E-state index contributed by atoms with van der Waals surface area (Å²) >= 11 is 1.46. The molecule has 118 valence electrons. The van der Waals surface area contributed by atoms with Crippen LogP contribution in [0, 0.1) is 6.92 Å². The number of H-pyrrole nitrogens is 1. The zero-order valence-electron chi connectivity index (χ0n) is 12.9. The lowest BCUT2D eigenvalue weighted by Crippen LogP contribution is -2.12. The lowest BCUT2D eigenvalue weighted by molar-refractivity contribution is 0.102. The summed E-state index contributed by atoms with van der Waals surface area (Å²) in [6.07, 6.45) is 0. The maximum absolute atomic E-state index is 12.5. The van der Waals surface area contributed by atoms with E-state index in [4.69, 9.17) is 0 Å². The number of carbonyl (C=O) groups is 1. The number of rotatable bonds is 3. The Morgan fingerprint density at radius 3 is 2.67 bits per heavy atom. The average molecular weight is 334 g/mol. The van der Waals surface area contributed by atoms with Crippen molar-refractivity contribution in [2.45, 2.75) is 6.92 Å². The standard InChI is InChI=1S/C18H14N4OS/c1-11-15(12-7-3-2-4-8-12)19-18(24-11)20-17(23)16-13-9-5-6-10-14(13)21-22-16/h2-10H,1H3,(H,21,22)(H,19,20,23). The van der Waals surface area contributed by atoms with E-state index in [9.17, 15) is 4.79 Å². The number of anilines is 1. The Bertz CT molecular complexity index is 1020. The molecule has 24 heavy (non-hydrogen) atoms. The molecule has 2 N–H and O–H groups in total. The van der Waals surface area contributed by atoms with E-state index in [1.807, 2.05) is 61.5 Å². The summed E-state index contributed by atoms with van der Waals surface area (Å²) in [5, 5.41) is 11.2. The van der Waals surface area contributed by atoms with Gasteiger partial charge >= 0.3 is 0 Å². The number of hydrogen-bond donors (Lipinski definition) is 2. The fourth-order valence-corrected chi connectivity index (χ4v) is 3.44. The minimum absolute atomic E-state index is 0.263. The molecule has 0 fully saturated rings. The molecule has 4 rings (SSSR count). The van der Waals surface area contributed by atoms with Crippen molar-refractivity contribution in [3.8, 4) is 11.3 Å². The Morgan fingerprint density at radius 1 is 1.08 bits per heavy atom. The van der Waals surface area contributed by atoms with Crippen molar-refractivity contribution >= 4 is 33.3 Å². The smallest absolute Gasteiger partial charge is 0.278 e. The zero-order valence-corrected chi connectivity index (χ0v) is 13.7. The van der Waals surface area contributed by atoms with Crippen molar-refractivity contribution in [3.63, 3.8) is 0 Å². The Morgan fingerprint density at radius 2 is 1.83 bits per heavy atom. The van der Waals surface area contributed by atoms with Crippen molar-refractivity contribution in [3.05, 3.63) is 65.2 Å². The fraction of sp³-hybridized carbons (Fsp3) is 0.0556. The number of thiazole rings is 1. The Balaban J connectivity index is 1.63. The molecule has 4 aromatic rings. The Kier molecular flexibility index (Phi) is 3.59. The summed E-state index contributed by atoms with van der Waals surface area (Å²) in [5.74, 6) is -0.263. The van der Waals surface area contributed by atoms with Crippen molar-refractivity contribution in [1.29, 1.82) is 0 Å². The number of fused-ring (bicyclic) bond motifs is 1. The molecule has 0 aliphatic heterocycles. The van der Waals surface area contributed by atoms with E-state index in [-0.39, 0.29) is 5.91 Å². The minimum Gasteiger partial charge on any atom is -0.296 e. The van der Waals surface area contributed by atoms with E-state index in [1.54, 1.807) is 0 Å². The van der Waals surface area contributed by atoms with E-state index in [0.717, 1.165) is 27.0 Å². The van der Waals surface area contributed by atoms with Gasteiger partial charge in [0.15, 0.2) is 10.8 Å². The quantitative estimate of drug-likeness (QED) is 0.588. The SMILES string of the molecule is Cc1sc(NC(=O)c2n[nH]c3ccccc23)nc1-c1ccccc1. The van der Waals surface area contributed by atoms with Crippen LogP contribution < -0.4 is 5.32 Å². The highest BCUT2D eigenvalue weighted by molar-refractivity contribution is 7.16. The first kappa shape index (κ1) is 14.6. The fourth-order valence-electron chi connectivity index (χ4n) is 2.61. The van der Waals surface area contributed by atoms with E-state index in [2.05, 4.69) is 20.5 Å². The molecular weight excluding hydrogens is 320 g/mol. The first-order valence-corrected chi connectivity index (χ1v) is 8.31. The summed E-state index contributed by atoms with van der Waals surface area (Å²) in [5.41, 5.74) is 3.14. The van der Waals surface area contributed by atoms with Gasteiger partial charge in [-0.15, -0.1) is 11.3 Å². The number of carbonyl (C=O) groups excluding carboxylic acids is 1. The average Bonchev–Trinajstić information content (AvgIpc) is 3.19. The van der Waals surface area contributed by atoms with Crippen LogP contribution in [0.25, 0.3) is 22.2 Å². The van der Waals surface area contributed by atoms with Crippen LogP contribution in [-0.4, -0.2) is 21.1 Å². The third kappa shape index (κ3) is 2.57. The number of aromatic nitrogens is 3. The van der Waals surface area contributed by atoms with Crippen molar-refractivity contribution in [2.75, 3.05) is 5.32 Å². The number of amides is 1. The van der Waals surface area contributed by atoms with Gasteiger partial charge in [0, 0.05) is 15.8 Å². The third-order valence-electron chi connectivity index (χ3n) is 3.75. The largest absolute Gasteiger partial charge is 0.296 e. The summed E-state index contributed by atoms with van der Waals surface area (Å²) in [6, 6.07) is 17.5. The lowest BCUT2D eigenvalue weighted by Gasteiger charge is -1.99. The molecular formula is C18H14N4OS. The maximum atomic E-state index is 12.5. The van der Waals surface area contributed by atoms with E-state index < -0.39 is 0 Å². The number of nitrogens with one attached hydrogen (secondary N) is 2. The number of aromatic amines is 1. The van der Waals surface area contributed by atoms with Gasteiger partial charge in [-0.1, -0.05) is 48.5 Å². The first-order chi connectivity index (χ1) is 11.7. The van der Waals surface area contributed by atoms with Crippen LogP contribution in [0.3, 0.4) is 0 Å². The highest BCUT2D eigenvalue weighted by atomic mass is 32.1. The molecule has 1 amide bonds. The summed E-state index contributed by atoms with van der Waals surface area (Å²) in [7, 11) is 0. The number of nitrogens with zero attached hydrogens (tertiary/aromatic N) is 2. The number of benzene rings is 2. The number of hydrogen-bond acceptors (Lipinski definition) is 4. The summed E-state index contributed by atoms with van der Waals surface area (Å²) < 4.78 is 0. The molecule has 0 aliphatic rings. The third-order valence-corrected chi connectivity index (χ3v) is 4.64. The summed E-state index contributed by atoms with van der Waals surface area (Å²) in [4.78, 5) is 18.1. The van der Waals surface area contributed by atoms with E-state index in [0.29, 0.717) is 10.8 Å². The van der Waals surface area contributed by atoms with Crippen molar-refractivity contribution in [2.24, 2.45) is 0 Å². The minimum atomic E-state index is -0.263. The van der Waals surface area contributed by atoms with Crippen LogP contribution in [0.2, 0.25) is 0 Å². The molecule has 2 aromatic carbocycles. The molecule has 5 nitrogen and oxygen atoms in total. The second kappa shape index (κ2) is 5.90. The maximum Gasteiger partial charge on any atom is 0.278 e. The number of aryl methyl sites for hydroxylation is 1. The lowest BCUT2D eigenvalue weighted by atomic mass is 10.1. The van der Waals surface area contributed by atoms with Gasteiger partial charge in [0.05, 0.1) is 11.2 Å². The Hall–Kier alpha value is -2.99. The second-order valence-corrected chi connectivity index (χ2v) is 6.56. The predicted octanol–water partition coefficient (Wildman–Crippen LogP) is 4.25. The second-order valence-electron chi connectivity index (χ2n) is 5.36. The van der Waals surface area contributed by atoms with Crippen LogP contribution in [0.5, 0.6) is 0 Å². The molecule has 0 bridgehead atoms. The van der Waals surface area contributed by atoms with Gasteiger partial charge in [-0.2, -0.15) is 5.10 Å². The van der Waals surface area contributed by atoms with Crippen LogP contribution >= 0.6 is 11.3 Å². The van der Waals surface area contributed by atoms with Gasteiger partial charge < -0.3 is 0 Å². The van der Waals surface area contributed by atoms with Gasteiger partial charge in [0.1, 0.15) is 0 Å². The zero-order chi connectivity index (χ0) is 16.5. The topological polar surface area (TPSA) is 70.7 Å². The molecule has 0 aliphatic carbocycles. The molecule has 0 radical (unpaired) electrons. The van der Waals surface area contributed by atoms with Gasteiger partial charge in [0.25, 0.3) is 5.91 Å². The van der Waals surface area contributed by atoms with Gasteiger partial charge in [0.2, 0.25) is 0 Å². The first-order valence-electron chi connectivity index (χ1n) is 7.49. The van der Waals surface area contributed by atoms with Crippen LogP contribution in [0.15, 0.2) is 54.6 Å². The van der Waals surface area contributed by atoms with Crippen molar-refractivity contribution < 1.29 is 4.79 Å². The summed E-state index contributed by atoms with van der Waals surface area (Å²) in [6.45, 7) is 2.00. The van der Waals surface area contributed by atoms with Crippen LogP contribution in [0.4, 0.5) is 5.13 Å². The molecule has 2 aromatic heterocycles. The van der Waals surface area contributed by atoms with Crippen molar-refractivity contribution in [1.82, 2.24) is 15.2 Å². The highest BCUT2D eigenvalue weighted by Gasteiger charge is 2.17. The molecule has 0 spiro atoms. The van der Waals surface area contributed by atoms with Crippen LogP contribution in [-0.2, 0) is 0 Å². The molecule has 2 heterocycles. The highest BCUT2D eigenvalue weighted by Crippen LogP contribution is 2.30. The number of para-hydroxylation sites is 1.